The second kappa shape index (κ2) is 7.73. The van der Waals surface area contributed by atoms with Crippen molar-refractivity contribution in [2.24, 2.45) is 5.73 Å². The van der Waals surface area contributed by atoms with Crippen molar-refractivity contribution in [1.29, 1.82) is 0 Å². The number of esters is 1. The number of halogens is 2. The van der Waals surface area contributed by atoms with Crippen molar-refractivity contribution in [3.05, 3.63) is 65.2 Å². The van der Waals surface area contributed by atoms with Crippen LogP contribution in [-0.2, 0) is 16.1 Å². The van der Waals surface area contributed by atoms with E-state index in [1.807, 2.05) is 0 Å². The Bertz CT molecular complexity index is 737. The van der Waals surface area contributed by atoms with Gasteiger partial charge in [0.1, 0.15) is 6.61 Å². The molecular formula is C16H13F2NO3S. The smallest absolute Gasteiger partial charge is 0.339 e. The van der Waals surface area contributed by atoms with Gasteiger partial charge in [0.25, 0.3) is 0 Å². The molecule has 1 amide bonds. The molecule has 2 N–H and O–H groups in total. The molecule has 7 heteroatoms. The molecule has 4 nitrogen and oxygen atoms in total. The second-order valence-electron chi connectivity index (χ2n) is 4.54. The third-order valence-electron chi connectivity index (χ3n) is 2.87. The predicted molar refractivity (Wildman–Crippen MR) is 81.8 cm³/mol. The molecule has 0 saturated carbocycles. The number of hydrogen-bond donors (Lipinski definition) is 1. The highest BCUT2D eigenvalue weighted by Gasteiger charge is 2.15. The Labute approximate surface area is 135 Å². The third kappa shape index (κ3) is 4.53. The molecule has 2 rings (SSSR count). The summed E-state index contributed by atoms with van der Waals surface area (Å²) in [5, 5.41) is 0. The lowest BCUT2D eigenvalue weighted by molar-refractivity contribution is -0.115. The lowest BCUT2D eigenvalue weighted by atomic mass is 10.2. The van der Waals surface area contributed by atoms with Gasteiger partial charge in [-0.3, -0.25) is 4.79 Å². The molecule has 23 heavy (non-hydrogen) atoms. The minimum absolute atomic E-state index is 0.0167. The van der Waals surface area contributed by atoms with Gasteiger partial charge in [-0.25, -0.2) is 13.6 Å². The van der Waals surface area contributed by atoms with Crippen LogP contribution in [0.1, 0.15) is 15.9 Å². The van der Waals surface area contributed by atoms with Crippen molar-refractivity contribution >= 4 is 23.6 Å². The number of ether oxygens (including phenoxy) is 1. The maximum absolute atomic E-state index is 13.5. The molecule has 0 aromatic heterocycles. The second-order valence-corrected chi connectivity index (χ2v) is 5.56. The van der Waals surface area contributed by atoms with Crippen molar-refractivity contribution in [3.63, 3.8) is 0 Å². The maximum Gasteiger partial charge on any atom is 0.339 e. The number of carbonyl (C=O) groups excluding carboxylic acids is 2. The molecule has 0 fully saturated rings. The Morgan fingerprint density at radius 3 is 2.57 bits per heavy atom. The largest absolute Gasteiger partial charge is 0.457 e. The number of carbonyl (C=O) groups is 2. The molecule has 0 aliphatic rings. The normalized spacial score (nSPS) is 10.3. The van der Waals surface area contributed by atoms with E-state index in [-0.39, 0.29) is 16.9 Å². The highest BCUT2D eigenvalue weighted by Crippen LogP contribution is 2.23. The van der Waals surface area contributed by atoms with E-state index in [2.05, 4.69) is 0 Å². The number of hydrogen-bond acceptors (Lipinski definition) is 4. The van der Waals surface area contributed by atoms with Crippen LogP contribution in [-0.4, -0.2) is 17.6 Å². The van der Waals surface area contributed by atoms with Crippen LogP contribution in [0, 0.1) is 11.6 Å². The Balaban J connectivity index is 2.09. The van der Waals surface area contributed by atoms with E-state index in [1.54, 1.807) is 18.2 Å². The fourth-order valence-corrected chi connectivity index (χ4v) is 2.57. The first-order valence-electron chi connectivity index (χ1n) is 6.59. The van der Waals surface area contributed by atoms with E-state index < -0.39 is 30.1 Å². The van der Waals surface area contributed by atoms with Gasteiger partial charge in [0, 0.05) is 10.5 Å². The summed E-state index contributed by atoms with van der Waals surface area (Å²) < 4.78 is 31.6. The molecule has 120 valence electrons. The maximum atomic E-state index is 13.5. The highest BCUT2D eigenvalue weighted by atomic mass is 32.2. The number of nitrogens with two attached hydrogens (primary N) is 1. The Kier molecular flexibility index (Phi) is 5.70. The molecule has 0 unspecified atom stereocenters. The standard InChI is InChI=1S/C16H13F2NO3S/c17-12-6-3-4-10(15(12)18)8-22-16(21)11-5-1-2-7-13(11)23-9-14(19)20/h1-7H,8-9H2,(H2,19,20). The van der Waals surface area contributed by atoms with E-state index in [1.165, 1.54) is 18.2 Å². The fraction of sp³-hybridized carbons (Fsp3) is 0.125. The van der Waals surface area contributed by atoms with Gasteiger partial charge in [-0.1, -0.05) is 24.3 Å². The van der Waals surface area contributed by atoms with Crippen LogP contribution in [0.15, 0.2) is 47.4 Å². The number of benzene rings is 2. The van der Waals surface area contributed by atoms with E-state index in [9.17, 15) is 18.4 Å². The number of primary amides is 1. The lowest BCUT2D eigenvalue weighted by Gasteiger charge is -2.09. The van der Waals surface area contributed by atoms with E-state index >= 15 is 0 Å². The van der Waals surface area contributed by atoms with Gasteiger partial charge < -0.3 is 10.5 Å². The summed E-state index contributed by atoms with van der Waals surface area (Å²) in [6.45, 7) is -0.392. The van der Waals surface area contributed by atoms with Gasteiger partial charge in [-0.15, -0.1) is 11.8 Å². The van der Waals surface area contributed by atoms with Gasteiger partial charge in [0.2, 0.25) is 5.91 Å². The zero-order chi connectivity index (χ0) is 16.8. The van der Waals surface area contributed by atoms with E-state index in [4.69, 9.17) is 10.5 Å². The summed E-state index contributed by atoms with van der Waals surface area (Å²) in [4.78, 5) is 23.5. The van der Waals surface area contributed by atoms with Gasteiger partial charge in [-0.2, -0.15) is 0 Å². The molecule has 0 atom stereocenters. The zero-order valence-corrected chi connectivity index (χ0v) is 12.7. The molecule has 0 heterocycles. The molecule has 2 aromatic rings. The fourth-order valence-electron chi connectivity index (χ4n) is 1.79. The summed E-state index contributed by atoms with van der Waals surface area (Å²) in [5.41, 5.74) is 5.26. The van der Waals surface area contributed by atoms with Gasteiger partial charge in [0.15, 0.2) is 11.6 Å². The Hall–Kier alpha value is -2.41. The first-order valence-corrected chi connectivity index (χ1v) is 7.57. The molecule has 2 aromatic carbocycles. The minimum Gasteiger partial charge on any atom is -0.457 e. The SMILES string of the molecule is NC(=O)CSc1ccccc1C(=O)OCc1cccc(F)c1F. The topological polar surface area (TPSA) is 69.4 Å². The summed E-state index contributed by atoms with van der Waals surface area (Å²) in [7, 11) is 0. The Morgan fingerprint density at radius 2 is 1.83 bits per heavy atom. The average Bonchev–Trinajstić information content (AvgIpc) is 2.54. The van der Waals surface area contributed by atoms with Crippen LogP contribution in [0.2, 0.25) is 0 Å². The van der Waals surface area contributed by atoms with Crippen molar-refractivity contribution in [2.45, 2.75) is 11.5 Å². The monoisotopic (exact) mass is 337 g/mol. The zero-order valence-electron chi connectivity index (χ0n) is 11.9. The number of thioether (sulfide) groups is 1. The van der Waals surface area contributed by atoms with Crippen LogP contribution in [0.3, 0.4) is 0 Å². The van der Waals surface area contributed by atoms with Gasteiger partial charge >= 0.3 is 5.97 Å². The summed E-state index contributed by atoms with van der Waals surface area (Å²) in [6, 6.07) is 10.1. The van der Waals surface area contributed by atoms with E-state index in [0.29, 0.717) is 4.90 Å². The average molecular weight is 337 g/mol. The van der Waals surface area contributed by atoms with Crippen molar-refractivity contribution in [1.82, 2.24) is 0 Å². The van der Waals surface area contributed by atoms with Crippen molar-refractivity contribution in [2.75, 3.05) is 5.75 Å². The number of amides is 1. The molecule has 0 aliphatic carbocycles. The molecule has 0 aliphatic heterocycles. The van der Waals surface area contributed by atoms with Crippen molar-refractivity contribution < 1.29 is 23.1 Å². The van der Waals surface area contributed by atoms with Crippen LogP contribution < -0.4 is 5.73 Å². The lowest BCUT2D eigenvalue weighted by Crippen LogP contribution is -2.14. The number of rotatable bonds is 6. The molecular weight excluding hydrogens is 324 g/mol. The molecule has 0 radical (unpaired) electrons. The van der Waals surface area contributed by atoms with E-state index in [0.717, 1.165) is 17.8 Å². The quantitative estimate of drug-likeness (QED) is 0.650. The molecule has 0 spiro atoms. The summed E-state index contributed by atoms with van der Waals surface area (Å²) in [5.74, 6) is -3.24. The third-order valence-corrected chi connectivity index (χ3v) is 3.96. The molecule has 0 bridgehead atoms. The van der Waals surface area contributed by atoms with Crippen molar-refractivity contribution in [3.8, 4) is 0 Å². The summed E-state index contributed by atoms with van der Waals surface area (Å²) >= 11 is 1.10. The Morgan fingerprint density at radius 1 is 1.09 bits per heavy atom. The van der Waals surface area contributed by atoms with Crippen LogP contribution in [0.25, 0.3) is 0 Å². The highest BCUT2D eigenvalue weighted by molar-refractivity contribution is 8.00. The summed E-state index contributed by atoms with van der Waals surface area (Å²) in [6.07, 6.45) is 0. The minimum atomic E-state index is -1.04. The predicted octanol–water partition coefficient (Wildman–Crippen LogP) is 2.90. The van der Waals surface area contributed by atoms with Gasteiger partial charge in [0.05, 0.1) is 11.3 Å². The first kappa shape index (κ1) is 17.0. The van der Waals surface area contributed by atoms with Crippen LogP contribution >= 0.6 is 11.8 Å². The van der Waals surface area contributed by atoms with Gasteiger partial charge in [-0.05, 0) is 18.2 Å². The molecule has 0 saturated heterocycles. The van der Waals surface area contributed by atoms with Crippen LogP contribution in [0.4, 0.5) is 8.78 Å². The first-order chi connectivity index (χ1) is 11.0. The van der Waals surface area contributed by atoms with Crippen LogP contribution in [0.5, 0.6) is 0 Å².